The zero-order valence-electron chi connectivity index (χ0n) is 12.9. The SMILES string of the molecule is O=C(NCc1cn2ncsc2n1)c1ccc(-c2cccc(F)c2)nc1. The number of nitrogens with zero attached hydrogens (tertiary/aromatic N) is 4. The normalized spacial score (nSPS) is 10.9. The predicted molar refractivity (Wildman–Crippen MR) is 91.7 cm³/mol. The fourth-order valence-electron chi connectivity index (χ4n) is 2.39. The van der Waals surface area contributed by atoms with Gasteiger partial charge in [-0.15, -0.1) is 0 Å². The lowest BCUT2D eigenvalue weighted by Crippen LogP contribution is -2.23. The molecule has 1 amide bonds. The van der Waals surface area contributed by atoms with Crippen molar-refractivity contribution in [1.82, 2.24) is 24.9 Å². The van der Waals surface area contributed by atoms with Crippen LogP contribution in [0.4, 0.5) is 4.39 Å². The number of rotatable bonds is 4. The fraction of sp³-hybridized carbons (Fsp3) is 0.0588. The summed E-state index contributed by atoms with van der Waals surface area (Å²) in [6.45, 7) is 0.306. The molecule has 6 nitrogen and oxygen atoms in total. The Hall–Kier alpha value is -3.13. The molecule has 0 aliphatic rings. The van der Waals surface area contributed by atoms with Crippen molar-refractivity contribution in [3.63, 3.8) is 0 Å². The van der Waals surface area contributed by atoms with E-state index in [-0.39, 0.29) is 11.7 Å². The monoisotopic (exact) mass is 353 g/mol. The Bertz CT molecular complexity index is 1010. The molecule has 0 atom stereocenters. The van der Waals surface area contributed by atoms with Gasteiger partial charge in [-0.2, -0.15) is 5.10 Å². The fourth-order valence-corrected chi connectivity index (χ4v) is 3.01. The summed E-state index contributed by atoms with van der Waals surface area (Å²) in [6.07, 6.45) is 3.25. The number of hydrogen-bond acceptors (Lipinski definition) is 5. The predicted octanol–water partition coefficient (Wildman–Crippen LogP) is 2.92. The second-order valence-electron chi connectivity index (χ2n) is 5.32. The number of benzene rings is 1. The number of aromatic nitrogens is 4. The van der Waals surface area contributed by atoms with Crippen molar-refractivity contribution in [3.8, 4) is 11.3 Å². The van der Waals surface area contributed by atoms with E-state index in [2.05, 4.69) is 20.4 Å². The maximum Gasteiger partial charge on any atom is 0.253 e. The molecule has 25 heavy (non-hydrogen) atoms. The zero-order chi connectivity index (χ0) is 17.2. The van der Waals surface area contributed by atoms with Crippen LogP contribution in [0.25, 0.3) is 16.2 Å². The molecule has 0 fully saturated rings. The smallest absolute Gasteiger partial charge is 0.253 e. The van der Waals surface area contributed by atoms with Crippen LogP contribution in [-0.4, -0.2) is 25.5 Å². The van der Waals surface area contributed by atoms with E-state index in [1.165, 1.54) is 29.7 Å². The van der Waals surface area contributed by atoms with Gasteiger partial charge in [-0.05, 0) is 24.3 Å². The van der Waals surface area contributed by atoms with Crippen molar-refractivity contribution in [2.24, 2.45) is 0 Å². The first-order chi connectivity index (χ1) is 12.2. The Labute approximate surface area is 146 Å². The van der Waals surface area contributed by atoms with Gasteiger partial charge in [-0.3, -0.25) is 9.78 Å². The molecule has 0 aliphatic heterocycles. The van der Waals surface area contributed by atoms with Crippen molar-refractivity contribution in [3.05, 3.63) is 71.4 Å². The number of fused-ring (bicyclic) bond motifs is 1. The Balaban J connectivity index is 1.44. The minimum absolute atomic E-state index is 0.248. The van der Waals surface area contributed by atoms with E-state index in [9.17, 15) is 9.18 Å². The van der Waals surface area contributed by atoms with Gasteiger partial charge in [0.1, 0.15) is 11.3 Å². The summed E-state index contributed by atoms with van der Waals surface area (Å²) in [7, 11) is 0. The summed E-state index contributed by atoms with van der Waals surface area (Å²) >= 11 is 1.43. The van der Waals surface area contributed by atoms with Crippen LogP contribution in [0.2, 0.25) is 0 Å². The first kappa shape index (κ1) is 15.4. The molecule has 0 bridgehead atoms. The van der Waals surface area contributed by atoms with Crippen molar-refractivity contribution in [1.29, 1.82) is 0 Å². The Kier molecular flexibility index (Phi) is 3.95. The minimum Gasteiger partial charge on any atom is -0.346 e. The van der Waals surface area contributed by atoms with Crippen LogP contribution in [0.5, 0.6) is 0 Å². The number of pyridine rings is 1. The van der Waals surface area contributed by atoms with Gasteiger partial charge in [-0.1, -0.05) is 23.5 Å². The molecule has 0 spiro atoms. The highest BCUT2D eigenvalue weighted by Crippen LogP contribution is 2.18. The van der Waals surface area contributed by atoms with Crippen LogP contribution < -0.4 is 5.32 Å². The summed E-state index contributed by atoms with van der Waals surface area (Å²) in [5.74, 6) is -0.571. The topological polar surface area (TPSA) is 72.2 Å². The molecule has 0 radical (unpaired) electrons. The average Bonchev–Trinajstić information content (AvgIpc) is 3.21. The number of hydrogen-bond donors (Lipinski definition) is 1. The van der Waals surface area contributed by atoms with Crippen molar-refractivity contribution >= 4 is 22.2 Å². The lowest BCUT2D eigenvalue weighted by atomic mass is 10.1. The molecule has 124 valence electrons. The molecule has 4 aromatic rings. The van der Waals surface area contributed by atoms with Crippen LogP contribution in [0.3, 0.4) is 0 Å². The summed E-state index contributed by atoms with van der Waals surface area (Å²) in [4.78, 5) is 21.6. The third kappa shape index (κ3) is 3.24. The van der Waals surface area contributed by atoms with E-state index in [0.29, 0.717) is 23.4 Å². The maximum atomic E-state index is 13.3. The largest absolute Gasteiger partial charge is 0.346 e. The second kappa shape index (κ2) is 6.40. The molecule has 3 heterocycles. The molecule has 8 heteroatoms. The van der Waals surface area contributed by atoms with Crippen molar-refractivity contribution < 1.29 is 9.18 Å². The van der Waals surface area contributed by atoms with E-state index in [4.69, 9.17) is 0 Å². The summed E-state index contributed by atoms with van der Waals surface area (Å²) in [5, 5.41) is 6.89. The highest BCUT2D eigenvalue weighted by atomic mass is 32.1. The Morgan fingerprint density at radius 2 is 2.20 bits per heavy atom. The molecular formula is C17H12FN5OS. The Morgan fingerprint density at radius 3 is 2.96 bits per heavy atom. The van der Waals surface area contributed by atoms with Crippen LogP contribution in [-0.2, 0) is 6.54 Å². The van der Waals surface area contributed by atoms with Crippen LogP contribution in [0, 0.1) is 5.82 Å². The molecule has 0 aliphatic carbocycles. The van der Waals surface area contributed by atoms with Gasteiger partial charge >= 0.3 is 0 Å². The van der Waals surface area contributed by atoms with E-state index in [1.54, 1.807) is 40.5 Å². The molecule has 0 unspecified atom stereocenters. The van der Waals surface area contributed by atoms with Crippen LogP contribution in [0.1, 0.15) is 16.1 Å². The molecule has 1 N–H and O–H groups in total. The number of imidazole rings is 1. The van der Waals surface area contributed by atoms with E-state index in [1.807, 2.05) is 0 Å². The van der Waals surface area contributed by atoms with Gasteiger partial charge in [-0.25, -0.2) is 13.9 Å². The van der Waals surface area contributed by atoms with Gasteiger partial charge in [0, 0.05) is 11.8 Å². The molecule has 0 saturated heterocycles. The quantitative estimate of drug-likeness (QED) is 0.612. The summed E-state index contributed by atoms with van der Waals surface area (Å²) < 4.78 is 14.9. The zero-order valence-corrected chi connectivity index (χ0v) is 13.7. The van der Waals surface area contributed by atoms with E-state index < -0.39 is 0 Å². The summed E-state index contributed by atoms with van der Waals surface area (Å²) in [5.41, 5.74) is 4.14. The molecule has 0 saturated carbocycles. The third-order valence-corrected chi connectivity index (χ3v) is 4.30. The highest BCUT2D eigenvalue weighted by Gasteiger charge is 2.09. The van der Waals surface area contributed by atoms with E-state index >= 15 is 0 Å². The average molecular weight is 353 g/mol. The van der Waals surface area contributed by atoms with Crippen molar-refractivity contribution in [2.45, 2.75) is 6.54 Å². The first-order valence-electron chi connectivity index (χ1n) is 7.47. The molecule has 4 rings (SSSR count). The molecule has 3 aromatic heterocycles. The van der Waals surface area contributed by atoms with Gasteiger partial charge in [0.2, 0.25) is 4.96 Å². The second-order valence-corrected chi connectivity index (χ2v) is 6.13. The lowest BCUT2D eigenvalue weighted by Gasteiger charge is -2.05. The van der Waals surface area contributed by atoms with Gasteiger partial charge in [0.15, 0.2) is 0 Å². The number of nitrogens with one attached hydrogen (secondary N) is 1. The number of carbonyl (C=O) groups is 1. The number of amides is 1. The minimum atomic E-state index is -0.324. The maximum absolute atomic E-state index is 13.3. The number of carbonyl (C=O) groups excluding carboxylic acids is 1. The van der Waals surface area contributed by atoms with Crippen LogP contribution in [0.15, 0.2) is 54.3 Å². The third-order valence-electron chi connectivity index (χ3n) is 3.61. The molecular weight excluding hydrogens is 341 g/mol. The van der Waals surface area contributed by atoms with Gasteiger partial charge < -0.3 is 5.32 Å². The van der Waals surface area contributed by atoms with E-state index in [0.717, 1.165) is 10.7 Å². The van der Waals surface area contributed by atoms with Gasteiger partial charge in [0.05, 0.1) is 29.7 Å². The highest BCUT2D eigenvalue weighted by molar-refractivity contribution is 7.14. The van der Waals surface area contributed by atoms with Gasteiger partial charge in [0.25, 0.3) is 5.91 Å². The summed E-state index contributed by atoms with van der Waals surface area (Å²) in [6, 6.07) is 9.53. The van der Waals surface area contributed by atoms with Crippen LogP contribution >= 0.6 is 11.3 Å². The van der Waals surface area contributed by atoms with Crippen molar-refractivity contribution in [2.75, 3.05) is 0 Å². The lowest BCUT2D eigenvalue weighted by molar-refractivity contribution is 0.0950. The Morgan fingerprint density at radius 1 is 1.28 bits per heavy atom. The molecule has 1 aromatic carbocycles. The first-order valence-corrected chi connectivity index (χ1v) is 8.35. The number of halogens is 1. The standard InChI is InChI=1S/C17H12FN5OS/c18-13-3-1-2-11(6-13)15-5-4-12(7-19-15)16(24)20-8-14-9-23-17(22-14)25-10-21-23/h1-7,9-10H,8H2,(H,20,24).